The number of hydrogen-bond donors (Lipinski definition) is 0. The molecule has 0 heterocycles. The fourth-order valence-electron chi connectivity index (χ4n) is 6.65. The summed E-state index contributed by atoms with van der Waals surface area (Å²) in [5.74, 6) is -0.996. The van der Waals surface area contributed by atoms with Crippen molar-refractivity contribution in [2.75, 3.05) is 13.2 Å². The highest BCUT2D eigenvalue weighted by Gasteiger charge is 2.19. The molecule has 1 atom stereocenters. The maximum Gasteiger partial charge on any atom is 0.306 e. The van der Waals surface area contributed by atoms with Crippen LogP contribution < -0.4 is 0 Å². The first-order valence-corrected chi connectivity index (χ1v) is 26.7. The summed E-state index contributed by atoms with van der Waals surface area (Å²) >= 11 is 0. The Balaban J connectivity index is 4.52. The van der Waals surface area contributed by atoms with Gasteiger partial charge in [0.2, 0.25) is 0 Å². The Kier molecular flexibility index (Phi) is 50.6. The molecule has 376 valence electrons. The topological polar surface area (TPSA) is 78.9 Å². The van der Waals surface area contributed by atoms with Crippen molar-refractivity contribution in [1.29, 1.82) is 0 Å². The van der Waals surface area contributed by atoms with E-state index in [2.05, 4.69) is 154 Å². The first-order valence-electron chi connectivity index (χ1n) is 26.7. The zero-order chi connectivity index (χ0) is 48.6. The molecule has 0 aliphatic heterocycles. The van der Waals surface area contributed by atoms with Gasteiger partial charge in [0.25, 0.3) is 0 Å². The summed E-state index contributed by atoms with van der Waals surface area (Å²) in [6, 6.07) is 0. The van der Waals surface area contributed by atoms with E-state index in [-0.39, 0.29) is 37.5 Å². The lowest BCUT2D eigenvalue weighted by Crippen LogP contribution is -2.30. The second-order valence-corrected chi connectivity index (χ2v) is 17.0. The van der Waals surface area contributed by atoms with Gasteiger partial charge in [-0.2, -0.15) is 0 Å². The zero-order valence-corrected chi connectivity index (χ0v) is 42.9. The highest BCUT2D eigenvalue weighted by atomic mass is 16.6. The van der Waals surface area contributed by atoms with Crippen molar-refractivity contribution in [3.8, 4) is 0 Å². The highest BCUT2D eigenvalue weighted by molar-refractivity contribution is 5.71. The predicted molar refractivity (Wildman–Crippen MR) is 288 cm³/mol. The zero-order valence-electron chi connectivity index (χ0n) is 42.9. The average Bonchev–Trinajstić information content (AvgIpc) is 3.33. The molecule has 0 rings (SSSR count). The van der Waals surface area contributed by atoms with Crippen LogP contribution in [0.15, 0.2) is 134 Å². The molecule has 0 aliphatic carbocycles. The molecule has 0 fully saturated rings. The molecule has 0 aromatic carbocycles. The smallest absolute Gasteiger partial charge is 0.306 e. The van der Waals surface area contributed by atoms with E-state index in [1.165, 1.54) is 25.7 Å². The lowest BCUT2D eigenvalue weighted by atomic mass is 10.1. The molecule has 0 radical (unpaired) electrons. The van der Waals surface area contributed by atoms with Gasteiger partial charge >= 0.3 is 17.9 Å². The third-order valence-corrected chi connectivity index (χ3v) is 10.6. The van der Waals surface area contributed by atoms with Crippen LogP contribution in [-0.2, 0) is 28.6 Å². The SMILES string of the molecule is CC/C=C\C/C=C\C/C=C\C/C=C\C/C=C\CCCCCC(=O)OC[C@H](COC(=O)CCCCCCC/C=C\CCCC)OC(=O)CCCCC/C=C\C/C=C\C/C=C\C/C=C\C/C=C\CC. The van der Waals surface area contributed by atoms with Gasteiger partial charge in [-0.1, -0.05) is 199 Å². The lowest BCUT2D eigenvalue weighted by molar-refractivity contribution is -0.167. The highest BCUT2D eigenvalue weighted by Crippen LogP contribution is 2.12. The Morgan fingerprint density at radius 1 is 0.313 bits per heavy atom. The molecule has 0 unspecified atom stereocenters. The molecular weight excluding hydrogens is 829 g/mol. The number of unbranched alkanes of at least 4 members (excludes halogenated alkanes) is 13. The third kappa shape index (κ3) is 52.4. The van der Waals surface area contributed by atoms with Crippen LogP contribution in [0.1, 0.15) is 213 Å². The number of carbonyl (C=O) groups is 3. The maximum absolute atomic E-state index is 12.8. The molecule has 0 aromatic heterocycles. The molecule has 0 saturated heterocycles. The van der Waals surface area contributed by atoms with Crippen LogP contribution in [0, 0.1) is 0 Å². The number of allylic oxidation sites excluding steroid dienone is 22. The van der Waals surface area contributed by atoms with Crippen molar-refractivity contribution < 1.29 is 28.6 Å². The van der Waals surface area contributed by atoms with Crippen LogP contribution in [0.25, 0.3) is 0 Å². The Labute approximate surface area is 411 Å². The monoisotopic (exact) mass is 925 g/mol. The molecule has 0 aromatic rings. The quantitative estimate of drug-likeness (QED) is 0.0262. The van der Waals surface area contributed by atoms with Gasteiger partial charge in [0.1, 0.15) is 13.2 Å². The fraction of sp³-hybridized carbons (Fsp3) is 0.590. The molecule has 67 heavy (non-hydrogen) atoms. The fourth-order valence-corrected chi connectivity index (χ4v) is 6.65. The van der Waals surface area contributed by atoms with E-state index in [0.717, 1.165) is 141 Å². The lowest BCUT2D eigenvalue weighted by Gasteiger charge is -2.18. The summed E-state index contributed by atoms with van der Waals surface area (Å²) in [6.45, 7) is 6.29. The van der Waals surface area contributed by atoms with Gasteiger partial charge in [0.15, 0.2) is 6.10 Å². The van der Waals surface area contributed by atoms with Crippen molar-refractivity contribution >= 4 is 17.9 Å². The number of esters is 3. The van der Waals surface area contributed by atoms with E-state index in [1.807, 2.05) is 0 Å². The first-order chi connectivity index (χ1) is 33.0. The summed E-state index contributed by atoms with van der Waals surface area (Å²) in [4.78, 5) is 38.0. The Morgan fingerprint density at radius 3 is 0.940 bits per heavy atom. The van der Waals surface area contributed by atoms with Gasteiger partial charge in [-0.25, -0.2) is 0 Å². The van der Waals surface area contributed by atoms with Gasteiger partial charge in [-0.15, -0.1) is 0 Å². The standard InChI is InChI=1S/C61H96O6/c1-4-7-10-13-16-19-22-24-26-28-30-32-34-36-39-42-45-48-51-54-60(63)66-57-58(56-65-59(62)53-50-47-44-41-38-21-18-15-12-9-6-3)67-61(64)55-52-49-46-43-40-37-35-33-31-29-27-25-23-20-17-14-11-8-5-2/h7-8,10-11,15-20,24-27,30-33,36-37,39-40,58H,4-6,9,12-14,21-23,28-29,34-35,38,41-57H2,1-3H3/b10-7-,11-8-,18-15-,19-16-,20-17-,26-24-,27-25-,32-30-,33-31-,39-36-,40-37-/t58-/m0/s1. The first kappa shape index (κ1) is 62.5. The van der Waals surface area contributed by atoms with E-state index in [4.69, 9.17) is 14.2 Å². The van der Waals surface area contributed by atoms with Crippen LogP contribution >= 0.6 is 0 Å². The maximum atomic E-state index is 12.8. The molecule has 6 heteroatoms. The number of rotatable bonds is 46. The summed E-state index contributed by atoms with van der Waals surface area (Å²) in [5.41, 5.74) is 0. The summed E-state index contributed by atoms with van der Waals surface area (Å²) in [5, 5.41) is 0. The van der Waals surface area contributed by atoms with E-state index >= 15 is 0 Å². The number of carbonyl (C=O) groups excluding carboxylic acids is 3. The molecule has 0 saturated carbocycles. The van der Waals surface area contributed by atoms with Crippen LogP contribution in [0.3, 0.4) is 0 Å². The summed E-state index contributed by atoms with van der Waals surface area (Å²) in [7, 11) is 0. The molecule has 0 amide bonds. The second-order valence-electron chi connectivity index (χ2n) is 17.0. The minimum atomic E-state index is -0.817. The molecular formula is C61H96O6. The average molecular weight is 925 g/mol. The van der Waals surface area contributed by atoms with Gasteiger partial charge in [-0.05, 0) is 128 Å². The minimum Gasteiger partial charge on any atom is -0.462 e. The van der Waals surface area contributed by atoms with Crippen molar-refractivity contribution in [3.05, 3.63) is 134 Å². The van der Waals surface area contributed by atoms with Crippen molar-refractivity contribution in [3.63, 3.8) is 0 Å². The van der Waals surface area contributed by atoms with Crippen LogP contribution in [-0.4, -0.2) is 37.2 Å². The van der Waals surface area contributed by atoms with Gasteiger partial charge in [0, 0.05) is 19.3 Å². The van der Waals surface area contributed by atoms with E-state index in [1.54, 1.807) is 0 Å². The van der Waals surface area contributed by atoms with E-state index < -0.39 is 6.10 Å². The van der Waals surface area contributed by atoms with Crippen molar-refractivity contribution in [2.24, 2.45) is 0 Å². The number of ether oxygens (including phenoxy) is 3. The Hall–Kier alpha value is -4.45. The molecule has 0 N–H and O–H groups in total. The van der Waals surface area contributed by atoms with Gasteiger partial charge in [-0.3, -0.25) is 14.4 Å². The number of hydrogen-bond acceptors (Lipinski definition) is 6. The Bertz CT molecular complexity index is 1480. The molecule has 0 bridgehead atoms. The van der Waals surface area contributed by atoms with Gasteiger partial charge < -0.3 is 14.2 Å². The predicted octanol–water partition coefficient (Wildman–Crippen LogP) is 17.9. The summed E-state index contributed by atoms with van der Waals surface area (Å²) in [6.07, 6.45) is 75.8. The molecule has 0 aliphatic rings. The Morgan fingerprint density at radius 2 is 0.582 bits per heavy atom. The minimum absolute atomic E-state index is 0.112. The van der Waals surface area contributed by atoms with Crippen molar-refractivity contribution in [1.82, 2.24) is 0 Å². The van der Waals surface area contributed by atoms with Crippen molar-refractivity contribution in [2.45, 2.75) is 219 Å². The molecule has 6 nitrogen and oxygen atoms in total. The van der Waals surface area contributed by atoms with Crippen LogP contribution in [0.2, 0.25) is 0 Å². The third-order valence-electron chi connectivity index (χ3n) is 10.6. The van der Waals surface area contributed by atoms with Crippen LogP contribution in [0.4, 0.5) is 0 Å². The second kappa shape index (κ2) is 54.2. The van der Waals surface area contributed by atoms with Gasteiger partial charge in [0.05, 0.1) is 0 Å². The summed E-state index contributed by atoms with van der Waals surface area (Å²) < 4.78 is 16.7. The van der Waals surface area contributed by atoms with E-state index in [9.17, 15) is 14.4 Å². The van der Waals surface area contributed by atoms with E-state index in [0.29, 0.717) is 19.3 Å². The normalized spacial score (nSPS) is 13.2. The van der Waals surface area contributed by atoms with Crippen LogP contribution in [0.5, 0.6) is 0 Å². The largest absolute Gasteiger partial charge is 0.462 e. The molecule has 0 spiro atoms.